The van der Waals surface area contributed by atoms with E-state index in [-0.39, 0.29) is 0 Å². The van der Waals surface area contributed by atoms with Gasteiger partial charge in [-0.05, 0) is 32.0 Å². The second kappa shape index (κ2) is 4.45. The van der Waals surface area contributed by atoms with E-state index in [0.717, 1.165) is 17.1 Å². The van der Waals surface area contributed by atoms with E-state index in [1.165, 1.54) is 0 Å². The van der Waals surface area contributed by atoms with Crippen LogP contribution in [0.5, 0.6) is 0 Å². The van der Waals surface area contributed by atoms with Crippen molar-refractivity contribution in [2.24, 2.45) is 0 Å². The smallest absolute Gasteiger partial charge is 0.327 e. The number of carboxylic acids is 1. The number of carbonyl (C=O) groups is 1. The van der Waals surface area contributed by atoms with E-state index in [9.17, 15) is 9.90 Å². The van der Waals surface area contributed by atoms with Gasteiger partial charge in [-0.3, -0.25) is 5.10 Å². The zero-order chi connectivity index (χ0) is 12.4. The molecule has 0 aromatic carbocycles. The van der Waals surface area contributed by atoms with Gasteiger partial charge >= 0.3 is 5.97 Å². The Labute approximate surface area is 99.1 Å². The summed E-state index contributed by atoms with van der Waals surface area (Å²) in [7, 11) is 0. The second-order valence-electron chi connectivity index (χ2n) is 4.13. The molecule has 2 N–H and O–H groups in total. The Morgan fingerprint density at radius 1 is 1.41 bits per heavy atom. The molecule has 2 aromatic heterocycles. The predicted octanol–water partition coefficient (Wildman–Crippen LogP) is 1.70. The lowest BCUT2D eigenvalue weighted by Gasteiger charge is -2.18. The van der Waals surface area contributed by atoms with Gasteiger partial charge in [-0.1, -0.05) is 0 Å². The number of aliphatic carboxylic acids is 1. The molecule has 0 spiro atoms. The molecule has 0 fully saturated rings. The van der Waals surface area contributed by atoms with Crippen molar-refractivity contribution in [3.8, 4) is 0 Å². The van der Waals surface area contributed by atoms with Gasteiger partial charge in [0.25, 0.3) is 0 Å². The summed E-state index contributed by atoms with van der Waals surface area (Å²) in [6.45, 7) is 3.83. The van der Waals surface area contributed by atoms with Crippen LogP contribution < -0.4 is 0 Å². The highest BCUT2D eigenvalue weighted by Crippen LogP contribution is 2.19. The van der Waals surface area contributed by atoms with Gasteiger partial charge in [-0.2, -0.15) is 5.10 Å². The van der Waals surface area contributed by atoms with Crippen LogP contribution in [0.2, 0.25) is 0 Å². The van der Waals surface area contributed by atoms with Gasteiger partial charge in [0.15, 0.2) is 0 Å². The molecule has 17 heavy (non-hydrogen) atoms. The molecule has 5 nitrogen and oxygen atoms in total. The molecule has 0 radical (unpaired) electrons. The van der Waals surface area contributed by atoms with Crippen molar-refractivity contribution in [3.05, 3.63) is 41.5 Å². The van der Waals surface area contributed by atoms with Crippen LogP contribution in [0.1, 0.15) is 23.1 Å². The number of H-pyrrole nitrogens is 1. The quantitative estimate of drug-likeness (QED) is 0.844. The molecule has 1 unspecified atom stereocenters. The Morgan fingerprint density at radius 2 is 2.06 bits per heavy atom. The third-order valence-corrected chi connectivity index (χ3v) is 2.89. The third kappa shape index (κ3) is 2.22. The van der Waals surface area contributed by atoms with Gasteiger partial charge in [0.1, 0.15) is 6.04 Å². The number of hydrogen-bond donors (Lipinski definition) is 2. The molecule has 0 aliphatic carbocycles. The molecule has 1 atom stereocenters. The summed E-state index contributed by atoms with van der Waals surface area (Å²) in [4.78, 5) is 11.4. The Balaban J connectivity index is 2.33. The zero-order valence-electron chi connectivity index (χ0n) is 9.84. The highest BCUT2D eigenvalue weighted by atomic mass is 16.4. The molecular weight excluding hydrogens is 218 g/mol. The van der Waals surface area contributed by atoms with Crippen molar-refractivity contribution in [3.63, 3.8) is 0 Å². The minimum Gasteiger partial charge on any atom is -0.480 e. The first-order valence-electron chi connectivity index (χ1n) is 5.45. The number of hydrogen-bond acceptors (Lipinski definition) is 2. The fourth-order valence-corrected chi connectivity index (χ4v) is 2.07. The number of nitrogens with one attached hydrogen (secondary N) is 1. The van der Waals surface area contributed by atoms with E-state index in [4.69, 9.17) is 0 Å². The van der Waals surface area contributed by atoms with Gasteiger partial charge in [0.2, 0.25) is 0 Å². The van der Waals surface area contributed by atoms with Gasteiger partial charge in [-0.15, -0.1) is 0 Å². The Kier molecular flexibility index (Phi) is 2.99. The average Bonchev–Trinajstić information content (AvgIpc) is 2.87. The minimum absolute atomic E-state index is 0.408. The lowest BCUT2D eigenvalue weighted by atomic mass is 10.1. The normalized spacial score (nSPS) is 12.6. The van der Waals surface area contributed by atoms with Crippen LogP contribution in [-0.4, -0.2) is 25.8 Å². The molecule has 0 saturated heterocycles. The first kappa shape index (κ1) is 11.4. The Bertz CT molecular complexity index is 494. The van der Waals surface area contributed by atoms with Crippen LogP contribution in [-0.2, 0) is 11.2 Å². The van der Waals surface area contributed by atoms with Gasteiger partial charge in [0, 0.05) is 29.7 Å². The van der Waals surface area contributed by atoms with Crippen LogP contribution in [0.3, 0.4) is 0 Å². The number of carboxylic acid groups (broad SMARTS) is 1. The summed E-state index contributed by atoms with van der Waals surface area (Å²) in [5.41, 5.74) is 2.73. The molecule has 2 aromatic rings. The van der Waals surface area contributed by atoms with E-state index >= 15 is 0 Å². The summed E-state index contributed by atoms with van der Waals surface area (Å²) < 4.78 is 1.84. The molecule has 0 amide bonds. The molecule has 0 saturated carbocycles. The summed E-state index contributed by atoms with van der Waals surface area (Å²) in [6.07, 6.45) is 2.04. The second-order valence-corrected chi connectivity index (χ2v) is 4.13. The summed E-state index contributed by atoms with van der Waals surface area (Å²) in [6, 6.07) is 5.06. The van der Waals surface area contributed by atoms with E-state index in [1.807, 2.05) is 30.5 Å². The number of rotatable bonds is 4. The summed E-state index contributed by atoms with van der Waals surface area (Å²) in [5, 5.41) is 16.0. The van der Waals surface area contributed by atoms with Crippen molar-refractivity contribution in [1.29, 1.82) is 0 Å². The Morgan fingerprint density at radius 3 is 2.53 bits per heavy atom. The zero-order valence-corrected chi connectivity index (χ0v) is 9.84. The maximum atomic E-state index is 11.4. The first-order valence-corrected chi connectivity index (χ1v) is 5.45. The van der Waals surface area contributed by atoms with Crippen molar-refractivity contribution >= 4 is 5.97 Å². The number of aromatic nitrogens is 3. The summed E-state index contributed by atoms with van der Waals surface area (Å²) >= 11 is 0. The van der Waals surface area contributed by atoms with E-state index in [1.54, 1.807) is 12.3 Å². The molecule has 5 heteroatoms. The maximum absolute atomic E-state index is 11.4. The van der Waals surface area contributed by atoms with E-state index in [2.05, 4.69) is 10.2 Å². The average molecular weight is 233 g/mol. The van der Waals surface area contributed by atoms with Gasteiger partial charge < -0.3 is 9.67 Å². The monoisotopic (exact) mass is 233 g/mol. The molecule has 0 aliphatic heterocycles. The van der Waals surface area contributed by atoms with Crippen molar-refractivity contribution < 1.29 is 9.90 Å². The lowest BCUT2D eigenvalue weighted by Crippen LogP contribution is -2.23. The molecule has 0 bridgehead atoms. The topological polar surface area (TPSA) is 70.9 Å². The van der Waals surface area contributed by atoms with Crippen molar-refractivity contribution in [1.82, 2.24) is 14.8 Å². The molecular formula is C12H15N3O2. The number of aryl methyl sites for hydroxylation is 2. The van der Waals surface area contributed by atoms with Crippen LogP contribution in [0.15, 0.2) is 24.4 Å². The largest absolute Gasteiger partial charge is 0.480 e. The van der Waals surface area contributed by atoms with Crippen LogP contribution >= 0.6 is 0 Å². The van der Waals surface area contributed by atoms with Gasteiger partial charge in [0.05, 0.1) is 0 Å². The number of nitrogens with zero attached hydrogens (tertiary/aromatic N) is 2. The fraction of sp³-hybridized carbons (Fsp3) is 0.333. The SMILES string of the molecule is Cc1ccc(C)n1C(Cc1ccn[nH]1)C(=O)O. The summed E-state index contributed by atoms with van der Waals surface area (Å²) in [5.74, 6) is -0.831. The molecule has 90 valence electrons. The van der Waals surface area contributed by atoms with E-state index in [0.29, 0.717) is 6.42 Å². The van der Waals surface area contributed by atoms with Crippen molar-refractivity contribution in [2.75, 3.05) is 0 Å². The van der Waals surface area contributed by atoms with Crippen LogP contribution in [0, 0.1) is 13.8 Å². The molecule has 0 aliphatic rings. The van der Waals surface area contributed by atoms with Crippen molar-refractivity contribution in [2.45, 2.75) is 26.3 Å². The minimum atomic E-state index is -0.831. The maximum Gasteiger partial charge on any atom is 0.327 e. The number of aromatic amines is 1. The highest BCUT2D eigenvalue weighted by molar-refractivity contribution is 5.72. The third-order valence-electron chi connectivity index (χ3n) is 2.89. The van der Waals surface area contributed by atoms with Crippen LogP contribution in [0.4, 0.5) is 0 Å². The van der Waals surface area contributed by atoms with Crippen LogP contribution in [0.25, 0.3) is 0 Å². The highest BCUT2D eigenvalue weighted by Gasteiger charge is 2.22. The van der Waals surface area contributed by atoms with E-state index < -0.39 is 12.0 Å². The van der Waals surface area contributed by atoms with Gasteiger partial charge in [-0.25, -0.2) is 4.79 Å². The predicted molar refractivity (Wildman–Crippen MR) is 62.9 cm³/mol. The fourth-order valence-electron chi connectivity index (χ4n) is 2.07. The molecule has 2 heterocycles. The lowest BCUT2D eigenvalue weighted by molar-refractivity contribution is -0.141. The molecule has 2 rings (SSSR count). The first-order chi connectivity index (χ1) is 8.09. The Hall–Kier alpha value is -2.04. The standard InChI is InChI=1S/C12H15N3O2/c1-8-3-4-9(2)15(8)11(12(16)17)7-10-5-6-13-14-10/h3-6,11H,7H2,1-2H3,(H,13,14)(H,16,17).